The molecule has 234 valence electrons. The summed E-state index contributed by atoms with van der Waals surface area (Å²) in [5, 5.41) is 33.7. The predicted molar refractivity (Wildman–Crippen MR) is 160 cm³/mol. The molecule has 1 aromatic rings. The fraction of sp³-hybridized carbons (Fsp3) is 0.625. The Morgan fingerprint density at radius 3 is 2.67 bits per heavy atom. The highest BCUT2D eigenvalue weighted by atomic mass is 16.9. The Balaban J connectivity index is 1.92. The van der Waals surface area contributed by atoms with Crippen LogP contribution in [0.25, 0.3) is 0 Å². The second-order valence-corrected chi connectivity index (χ2v) is 10.9. The molecule has 0 aliphatic heterocycles. The van der Waals surface area contributed by atoms with Crippen LogP contribution in [0.4, 0.5) is 0 Å². The second-order valence-electron chi connectivity index (χ2n) is 10.9. The van der Waals surface area contributed by atoms with Crippen LogP contribution < -0.4 is 5.32 Å². The van der Waals surface area contributed by atoms with E-state index in [4.69, 9.17) is 4.74 Å². The molecule has 0 unspecified atom stereocenters. The smallest absolute Gasteiger partial charge is 0.306 e. The van der Waals surface area contributed by atoms with Crippen LogP contribution in [0.1, 0.15) is 83.1 Å². The Kier molecular flexibility index (Phi) is 17.2. The van der Waals surface area contributed by atoms with Crippen molar-refractivity contribution in [3.05, 3.63) is 70.3 Å². The van der Waals surface area contributed by atoms with Crippen molar-refractivity contribution in [1.82, 2.24) is 5.32 Å². The molecule has 2 rings (SSSR count). The fourth-order valence-electron chi connectivity index (χ4n) is 5.15. The van der Waals surface area contributed by atoms with Crippen LogP contribution in [0.5, 0.6) is 0 Å². The van der Waals surface area contributed by atoms with Gasteiger partial charge in [0.2, 0.25) is 5.91 Å². The Morgan fingerprint density at radius 2 is 1.93 bits per heavy atom. The number of aliphatic hydroxyl groups is 2. The van der Waals surface area contributed by atoms with E-state index in [9.17, 15) is 29.9 Å². The summed E-state index contributed by atoms with van der Waals surface area (Å²) in [7, 11) is 0. The predicted octanol–water partition coefficient (Wildman–Crippen LogP) is 4.86. The van der Waals surface area contributed by atoms with Crippen LogP contribution in [-0.4, -0.2) is 58.6 Å². The summed E-state index contributed by atoms with van der Waals surface area (Å²) >= 11 is 0. The SMILES string of the molecule is CCCNC(=O)CCC/C=C\C[C@@H]1[C@@H](/C=C/[C@@H](O)CCc2ccccc2)[C@H](O)C[C@@H]1OC(=O)CCCCCO[N+](=O)[O-]. The second kappa shape index (κ2) is 20.6. The van der Waals surface area contributed by atoms with Crippen molar-refractivity contribution in [2.75, 3.05) is 13.2 Å². The maximum Gasteiger partial charge on any atom is 0.306 e. The Labute approximate surface area is 249 Å². The van der Waals surface area contributed by atoms with Crippen LogP contribution >= 0.6 is 0 Å². The van der Waals surface area contributed by atoms with Gasteiger partial charge in [0.15, 0.2) is 0 Å². The van der Waals surface area contributed by atoms with Crippen molar-refractivity contribution in [2.45, 2.75) is 102 Å². The van der Waals surface area contributed by atoms with Gasteiger partial charge in [0.25, 0.3) is 5.09 Å². The van der Waals surface area contributed by atoms with E-state index in [1.165, 1.54) is 0 Å². The largest absolute Gasteiger partial charge is 0.462 e. The number of benzene rings is 1. The van der Waals surface area contributed by atoms with Gasteiger partial charge in [-0.25, -0.2) is 0 Å². The number of carbonyl (C=O) groups is 2. The topological polar surface area (TPSA) is 148 Å². The lowest BCUT2D eigenvalue weighted by Gasteiger charge is -2.23. The van der Waals surface area contributed by atoms with Gasteiger partial charge in [-0.05, 0) is 56.9 Å². The van der Waals surface area contributed by atoms with Gasteiger partial charge in [0.1, 0.15) is 6.10 Å². The van der Waals surface area contributed by atoms with E-state index in [0.717, 1.165) is 31.2 Å². The number of allylic oxidation sites excluding steroid dienone is 2. The molecule has 0 saturated heterocycles. The number of hydrogen-bond acceptors (Lipinski definition) is 8. The molecule has 0 spiro atoms. The molecular weight excluding hydrogens is 540 g/mol. The van der Waals surface area contributed by atoms with Crippen molar-refractivity contribution in [3.63, 3.8) is 0 Å². The molecule has 1 aromatic carbocycles. The van der Waals surface area contributed by atoms with Crippen LogP contribution in [-0.2, 0) is 25.6 Å². The zero-order valence-corrected chi connectivity index (χ0v) is 24.8. The molecule has 5 atom stereocenters. The van der Waals surface area contributed by atoms with E-state index in [2.05, 4.69) is 10.2 Å². The van der Waals surface area contributed by atoms with Gasteiger partial charge in [0, 0.05) is 37.6 Å². The molecule has 1 saturated carbocycles. The normalized spacial score (nSPS) is 21.0. The van der Waals surface area contributed by atoms with Crippen LogP contribution in [0.15, 0.2) is 54.6 Å². The van der Waals surface area contributed by atoms with Crippen LogP contribution in [0, 0.1) is 22.0 Å². The van der Waals surface area contributed by atoms with Gasteiger partial charge < -0.3 is 25.1 Å². The average molecular weight is 589 g/mol. The van der Waals surface area contributed by atoms with E-state index in [-0.39, 0.29) is 36.7 Å². The number of aliphatic hydroxyl groups excluding tert-OH is 2. The number of nitrogens with one attached hydrogen (secondary N) is 1. The molecule has 1 amide bonds. The zero-order valence-electron chi connectivity index (χ0n) is 24.8. The monoisotopic (exact) mass is 588 g/mol. The van der Waals surface area contributed by atoms with E-state index in [1.807, 2.05) is 55.5 Å². The number of aryl methyl sites for hydroxylation is 1. The number of nitrogens with zero attached hydrogens (tertiary/aromatic N) is 1. The molecule has 1 aliphatic carbocycles. The quantitative estimate of drug-likeness (QED) is 0.0606. The lowest BCUT2D eigenvalue weighted by Crippen LogP contribution is -2.25. The highest BCUT2D eigenvalue weighted by molar-refractivity contribution is 5.75. The van der Waals surface area contributed by atoms with Gasteiger partial charge in [-0.1, -0.05) is 68.0 Å². The third-order valence-corrected chi connectivity index (χ3v) is 7.44. The van der Waals surface area contributed by atoms with Crippen molar-refractivity contribution in [3.8, 4) is 0 Å². The summed E-state index contributed by atoms with van der Waals surface area (Å²) in [6, 6.07) is 9.95. The number of amides is 1. The van der Waals surface area contributed by atoms with Crippen molar-refractivity contribution >= 4 is 11.9 Å². The van der Waals surface area contributed by atoms with Crippen molar-refractivity contribution in [2.24, 2.45) is 11.8 Å². The lowest BCUT2D eigenvalue weighted by molar-refractivity contribution is -0.757. The number of rotatable bonds is 21. The number of esters is 1. The first-order chi connectivity index (χ1) is 20.3. The fourth-order valence-corrected chi connectivity index (χ4v) is 5.15. The standard InChI is InChI=1S/C32H48N2O8/c1-2-22-33-31(37)16-10-4-3-9-15-28-27(21-20-26(35)19-18-25-13-7-5-8-14-25)29(36)24-30(28)42-32(38)17-11-6-12-23-41-34(39)40/h3,5,7-9,13-14,20-21,26-30,35-36H,2,4,6,10-12,15-19,22-24H2,1H3,(H,33,37)/b9-3-,21-20+/t26-,27+,28+,29+,30-/m0/s1. The maximum atomic E-state index is 12.6. The molecule has 1 aliphatic rings. The van der Waals surface area contributed by atoms with Gasteiger partial charge >= 0.3 is 5.97 Å². The Bertz CT molecular complexity index is 984. The van der Waals surface area contributed by atoms with Crippen LogP contribution in [0.2, 0.25) is 0 Å². The lowest BCUT2D eigenvalue weighted by atomic mass is 9.89. The minimum absolute atomic E-state index is 0.0000984. The molecule has 1 fully saturated rings. The molecule has 10 nitrogen and oxygen atoms in total. The van der Waals surface area contributed by atoms with E-state index in [1.54, 1.807) is 6.08 Å². The summed E-state index contributed by atoms with van der Waals surface area (Å²) in [5.74, 6) is -0.739. The van der Waals surface area contributed by atoms with Crippen LogP contribution in [0.3, 0.4) is 0 Å². The minimum atomic E-state index is -0.828. The van der Waals surface area contributed by atoms with E-state index >= 15 is 0 Å². The van der Waals surface area contributed by atoms with Crippen molar-refractivity contribution in [1.29, 1.82) is 0 Å². The van der Waals surface area contributed by atoms with Gasteiger partial charge in [0.05, 0.1) is 18.8 Å². The third kappa shape index (κ3) is 14.6. The Hall–Kier alpha value is -3.24. The average Bonchev–Trinajstić information content (AvgIpc) is 3.26. The molecule has 0 heterocycles. The van der Waals surface area contributed by atoms with E-state index in [0.29, 0.717) is 51.5 Å². The summed E-state index contributed by atoms with van der Waals surface area (Å²) in [6.07, 6.45) is 12.7. The summed E-state index contributed by atoms with van der Waals surface area (Å²) in [6.45, 7) is 2.70. The third-order valence-electron chi connectivity index (χ3n) is 7.44. The molecule has 10 heteroatoms. The first-order valence-corrected chi connectivity index (χ1v) is 15.3. The number of ether oxygens (including phenoxy) is 1. The minimum Gasteiger partial charge on any atom is -0.462 e. The summed E-state index contributed by atoms with van der Waals surface area (Å²) in [5.41, 5.74) is 1.15. The zero-order chi connectivity index (χ0) is 30.6. The first kappa shape index (κ1) is 35.0. The molecular formula is C32H48N2O8. The molecule has 3 N–H and O–H groups in total. The highest BCUT2D eigenvalue weighted by Crippen LogP contribution is 2.38. The number of hydrogen-bond donors (Lipinski definition) is 3. The number of carbonyl (C=O) groups excluding carboxylic acids is 2. The van der Waals surface area contributed by atoms with Gasteiger partial charge in [-0.15, -0.1) is 10.1 Å². The maximum absolute atomic E-state index is 12.6. The highest BCUT2D eigenvalue weighted by Gasteiger charge is 2.42. The summed E-state index contributed by atoms with van der Waals surface area (Å²) < 4.78 is 5.81. The first-order valence-electron chi connectivity index (χ1n) is 15.3. The molecule has 0 bridgehead atoms. The molecule has 42 heavy (non-hydrogen) atoms. The Morgan fingerprint density at radius 1 is 1.14 bits per heavy atom. The molecule has 0 aromatic heterocycles. The summed E-state index contributed by atoms with van der Waals surface area (Å²) in [4.78, 5) is 38.9. The molecule has 0 radical (unpaired) electrons. The number of unbranched alkanes of at least 4 members (excludes halogenated alkanes) is 3. The van der Waals surface area contributed by atoms with Gasteiger partial charge in [-0.2, -0.15) is 0 Å². The van der Waals surface area contributed by atoms with Gasteiger partial charge in [-0.3, -0.25) is 9.59 Å². The van der Waals surface area contributed by atoms with Crippen molar-refractivity contribution < 1.29 is 34.5 Å². The van der Waals surface area contributed by atoms with E-state index < -0.39 is 23.4 Å².